The number of hydrogen-bond acceptors (Lipinski definition) is 4. The van der Waals surface area contributed by atoms with Crippen LogP contribution in [-0.2, 0) is 0 Å². The van der Waals surface area contributed by atoms with Gasteiger partial charge in [0.15, 0.2) is 5.82 Å². The minimum atomic E-state index is 0.710. The number of nitrogens with zero attached hydrogens (tertiary/aromatic N) is 4. The van der Waals surface area contributed by atoms with Crippen molar-refractivity contribution in [2.45, 2.75) is 13.8 Å². The molecule has 0 unspecified atom stereocenters. The molecule has 0 saturated heterocycles. The third kappa shape index (κ3) is 2.66. The van der Waals surface area contributed by atoms with Crippen molar-refractivity contribution in [1.82, 2.24) is 19.9 Å². The van der Waals surface area contributed by atoms with Crippen molar-refractivity contribution < 1.29 is 4.52 Å². The van der Waals surface area contributed by atoms with E-state index in [0.29, 0.717) is 5.82 Å². The molecule has 2 heterocycles. The number of hydrogen-bond donors (Lipinski definition) is 0. The Bertz CT molecular complexity index is 721. The molecule has 0 spiro atoms. The van der Waals surface area contributed by atoms with Crippen LogP contribution in [0.2, 0.25) is 0 Å². The van der Waals surface area contributed by atoms with Gasteiger partial charge in [0, 0.05) is 17.8 Å². The van der Waals surface area contributed by atoms with Gasteiger partial charge in [-0.1, -0.05) is 22.3 Å². The predicted octanol–water partition coefficient (Wildman–Crippen LogP) is 3.18. The van der Waals surface area contributed by atoms with Crippen LogP contribution < -0.4 is 0 Å². The third-order valence-electron chi connectivity index (χ3n) is 2.84. The van der Waals surface area contributed by atoms with E-state index in [0.717, 1.165) is 11.3 Å². The molecule has 0 aliphatic heterocycles. The molecular formula is C15H14N4O. The molecule has 2 aromatic heterocycles. The molecule has 5 heteroatoms. The van der Waals surface area contributed by atoms with E-state index in [1.165, 1.54) is 17.4 Å². The van der Waals surface area contributed by atoms with Gasteiger partial charge in [0.2, 0.25) is 0 Å². The lowest BCUT2D eigenvalue weighted by Crippen LogP contribution is -1.88. The highest BCUT2D eigenvalue weighted by Gasteiger charge is 2.04. The van der Waals surface area contributed by atoms with Gasteiger partial charge < -0.3 is 4.52 Å². The second-order valence-corrected chi connectivity index (χ2v) is 4.66. The molecule has 0 bridgehead atoms. The summed E-state index contributed by atoms with van der Waals surface area (Å²) < 4.78 is 6.41. The molecule has 0 saturated carbocycles. The van der Waals surface area contributed by atoms with Crippen molar-refractivity contribution in [2.75, 3.05) is 0 Å². The lowest BCUT2D eigenvalue weighted by Gasteiger charge is -2.00. The van der Waals surface area contributed by atoms with Crippen LogP contribution in [0.3, 0.4) is 0 Å². The van der Waals surface area contributed by atoms with Gasteiger partial charge in [-0.05, 0) is 32.1 Å². The second-order valence-electron chi connectivity index (χ2n) is 4.66. The molecule has 5 nitrogen and oxygen atoms in total. The Hall–Kier alpha value is -2.69. The van der Waals surface area contributed by atoms with Gasteiger partial charge in [-0.2, -0.15) is 0 Å². The average Bonchev–Trinajstić information content (AvgIpc) is 3.07. The van der Waals surface area contributed by atoms with Gasteiger partial charge in [-0.15, -0.1) is 5.10 Å². The maximum atomic E-state index is 4.76. The van der Waals surface area contributed by atoms with E-state index >= 15 is 0 Å². The standard InChI is InChI=1S/C15H14N4O/c1-11-7-12(2)9-13(8-11)15-16-10-19(17-15)5-3-14-4-6-20-18-14/h3-10H,1-2H3/b5-3-. The molecule has 100 valence electrons. The normalized spacial score (nSPS) is 11.3. The van der Waals surface area contributed by atoms with E-state index in [-0.39, 0.29) is 0 Å². The summed E-state index contributed by atoms with van der Waals surface area (Å²) in [6, 6.07) is 8.06. The van der Waals surface area contributed by atoms with Gasteiger partial charge in [-0.25, -0.2) is 9.67 Å². The van der Waals surface area contributed by atoms with Gasteiger partial charge in [0.25, 0.3) is 0 Å². The molecular weight excluding hydrogens is 252 g/mol. The Morgan fingerprint density at radius 1 is 1.15 bits per heavy atom. The van der Waals surface area contributed by atoms with E-state index < -0.39 is 0 Å². The highest BCUT2D eigenvalue weighted by Crippen LogP contribution is 2.18. The first-order valence-corrected chi connectivity index (χ1v) is 6.29. The molecule has 3 aromatic rings. The minimum absolute atomic E-state index is 0.710. The molecule has 20 heavy (non-hydrogen) atoms. The number of aryl methyl sites for hydroxylation is 2. The van der Waals surface area contributed by atoms with Crippen molar-refractivity contribution >= 4 is 12.3 Å². The smallest absolute Gasteiger partial charge is 0.181 e. The molecule has 1 aromatic carbocycles. The summed E-state index contributed by atoms with van der Waals surface area (Å²) in [5.41, 5.74) is 4.17. The fraction of sp³-hybridized carbons (Fsp3) is 0.133. The van der Waals surface area contributed by atoms with Gasteiger partial charge >= 0.3 is 0 Å². The fourth-order valence-electron chi connectivity index (χ4n) is 2.04. The lowest BCUT2D eigenvalue weighted by atomic mass is 10.1. The largest absolute Gasteiger partial charge is 0.364 e. The molecule has 0 aliphatic rings. The first-order chi connectivity index (χ1) is 9.70. The van der Waals surface area contributed by atoms with E-state index in [2.05, 4.69) is 47.3 Å². The SMILES string of the molecule is Cc1cc(C)cc(-c2ncn(/C=C\c3ccon3)n2)c1. The van der Waals surface area contributed by atoms with Gasteiger partial charge in [0.1, 0.15) is 18.3 Å². The minimum Gasteiger partial charge on any atom is -0.364 e. The molecule has 0 N–H and O–H groups in total. The summed E-state index contributed by atoms with van der Waals surface area (Å²) in [6.45, 7) is 4.13. The molecule has 0 atom stereocenters. The van der Waals surface area contributed by atoms with Crippen LogP contribution in [0.5, 0.6) is 0 Å². The molecule has 0 fully saturated rings. The topological polar surface area (TPSA) is 56.7 Å². The van der Waals surface area contributed by atoms with Crippen LogP contribution in [0.1, 0.15) is 16.8 Å². The summed E-state index contributed by atoms with van der Waals surface area (Å²) in [6.07, 6.45) is 6.80. The number of aromatic nitrogens is 4. The van der Waals surface area contributed by atoms with Crippen LogP contribution in [0.15, 0.2) is 41.4 Å². The van der Waals surface area contributed by atoms with Crippen LogP contribution in [0.25, 0.3) is 23.7 Å². The monoisotopic (exact) mass is 266 g/mol. The zero-order valence-corrected chi connectivity index (χ0v) is 11.3. The van der Waals surface area contributed by atoms with Gasteiger partial charge in [0.05, 0.1) is 0 Å². The highest BCUT2D eigenvalue weighted by atomic mass is 16.5. The van der Waals surface area contributed by atoms with Crippen LogP contribution >= 0.6 is 0 Å². The first-order valence-electron chi connectivity index (χ1n) is 6.29. The predicted molar refractivity (Wildman–Crippen MR) is 76.7 cm³/mol. The number of benzene rings is 1. The molecule has 0 amide bonds. The quantitative estimate of drug-likeness (QED) is 0.730. The Morgan fingerprint density at radius 2 is 1.95 bits per heavy atom. The Labute approximate surface area is 116 Å². The van der Waals surface area contributed by atoms with E-state index in [4.69, 9.17) is 4.52 Å². The highest BCUT2D eigenvalue weighted by molar-refractivity contribution is 5.59. The third-order valence-corrected chi connectivity index (χ3v) is 2.84. The van der Waals surface area contributed by atoms with Crippen LogP contribution in [-0.4, -0.2) is 19.9 Å². The van der Waals surface area contributed by atoms with E-state index in [9.17, 15) is 0 Å². The Balaban J connectivity index is 1.86. The van der Waals surface area contributed by atoms with Crippen LogP contribution in [0, 0.1) is 13.8 Å². The summed E-state index contributed by atoms with van der Waals surface area (Å²) in [4.78, 5) is 4.33. The van der Waals surface area contributed by atoms with E-state index in [1.807, 2.05) is 6.08 Å². The zero-order valence-electron chi connectivity index (χ0n) is 11.3. The van der Waals surface area contributed by atoms with Crippen molar-refractivity contribution in [3.8, 4) is 11.4 Å². The van der Waals surface area contributed by atoms with Crippen molar-refractivity contribution in [1.29, 1.82) is 0 Å². The molecule has 3 rings (SSSR count). The first kappa shape index (κ1) is 12.3. The maximum absolute atomic E-state index is 4.76. The van der Waals surface area contributed by atoms with Crippen LogP contribution in [0.4, 0.5) is 0 Å². The summed E-state index contributed by atoms with van der Waals surface area (Å²) >= 11 is 0. The van der Waals surface area contributed by atoms with Crippen molar-refractivity contribution in [2.24, 2.45) is 0 Å². The lowest BCUT2D eigenvalue weighted by molar-refractivity contribution is 0.418. The second kappa shape index (κ2) is 5.13. The maximum Gasteiger partial charge on any atom is 0.181 e. The summed E-state index contributed by atoms with van der Waals surface area (Å²) in [7, 11) is 0. The van der Waals surface area contributed by atoms with Gasteiger partial charge in [-0.3, -0.25) is 0 Å². The van der Waals surface area contributed by atoms with Crippen molar-refractivity contribution in [3.63, 3.8) is 0 Å². The Kier molecular flexibility index (Phi) is 3.16. The zero-order chi connectivity index (χ0) is 13.9. The van der Waals surface area contributed by atoms with E-state index in [1.54, 1.807) is 23.3 Å². The Morgan fingerprint density at radius 3 is 2.65 bits per heavy atom. The molecule has 0 radical (unpaired) electrons. The van der Waals surface area contributed by atoms with Crippen molar-refractivity contribution in [3.05, 3.63) is 53.7 Å². The summed E-state index contributed by atoms with van der Waals surface area (Å²) in [5.74, 6) is 0.710. The fourth-order valence-corrected chi connectivity index (χ4v) is 2.04. The average molecular weight is 266 g/mol. The molecule has 0 aliphatic carbocycles. The number of rotatable bonds is 3. The summed E-state index contributed by atoms with van der Waals surface area (Å²) in [5, 5.41) is 8.22.